The van der Waals surface area contributed by atoms with Crippen LogP contribution in [0, 0.1) is 0 Å². The third-order valence-corrected chi connectivity index (χ3v) is 3.03. The number of carboxylic acids is 1. The molecular formula is C11H21NO4S. The standard InChI is InChI=1S/C11H21NO4S/c1-11(2,16-3)7-9(13)12-8(10(14)15)5-6-17-4/h8H,5-7H2,1-4H3,(H,12,13)(H,14,15)/t8-/m0/s1. The zero-order valence-corrected chi connectivity index (χ0v) is 11.6. The average molecular weight is 263 g/mol. The van der Waals surface area contributed by atoms with Crippen molar-refractivity contribution in [3.8, 4) is 0 Å². The molecule has 0 radical (unpaired) electrons. The Morgan fingerprint density at radius 2 is 2.06 bits per heavy atom. The number of carbonyl (C=O) groups is 2. The summed E-state index contributed by atoms with van der Waals surface area (Å²) in [7, 11) is 1.52. The number of carboxylic acid groups (broad SMARTS) is 1. The Morgan fingerprint density at radius 1 is 1.47 bits per heavy atom. The van der Waals surface area contributed by atoms with Gasteiger partial charge in [0.15, 0.2) is 0 Å². The maximum Gasteiger partial charge on any atom is 0.326 e. The fourth-order valence-electron chi connectivity index (χ4n) is 1.20. The lowest BCUT2D eigenvalue weighted by atomic mass is 10.0. The van der Waals surface area contributed by atoms with Crippen molar-refractivity contribution in [2.24, 2.45) is 0 Å². The largest absolute Gasteiger partial charge is 0.480 e. The maximum absolute atomic E-state index is 11.6. The van der Waals surface area contributed by atoms with Crippen LogP contribution in [0.5, 0.6) is 0 Å². The molecule has 2 N–H and O–H groups in total. The van der Waals surface area contributed by atoms with Gasteiger partial charge in [0, 0.05) is 7.11 Å². The van der Waals surface area contributed by atoms with E-state index in [0.717, 1.165) is 0 Å². The van der Waals surface area contributed by atoms with Gasteiger partial charge in [-0.2, -0.15) is 11.8 Å². The molecule has 0 fully saturated rings. The summed E-state index contributed by atoms with van der Waals surface area (Å²) in [4.78, 5) is 22.6. The molecule has 0 heterocycles. The van der Waals surface area contributed by atoms with Gasteiger partial charge in [0.1, 0.15) is 6.04 Å². The summed E-state index contributed by atoms with van der Waals surface area (Å²) in [5.41, 5.74) is -0.577. The van der Waals surface area contributed by atoms with E-state index in [-0.39, 0.29) is 12.3 Å². The summed E-state index contributed by atoms with van der Waals surface area (Å²) in [6, 6.07) is -0.817. The van der Waals surface area contributed by atoms with Crippen molar-refractivity contribution in [3.05, 3.63) is 0 Å². The summed E-state index contributed by atoms with van der Waals surface area (Å²) in [5.74, 6) is -0.599. The summed E-state index contributed by atoms with van der Waals surface area (Å²) in [6.45, 7) is 3.56. The van der Waals surface area contributed by atoms with Crippen LogP contribution in [0.15, 0.2) is 0 Å². The molecule has 17 heavy (non-hydrogen) atoms. The van der Waals surface area contributed by atoms with Crippen LogP contribution >= 0.6 is 11.8 Å². The first kappa shape index (κ1) is 16.2. The van der Waals surface area contributed by atoms with Crippen LogP contribution in [0.25, 0.3) is 0 Å². The van der Waals surface area contributed by atoms with E-state index < -0.39 is 17.6 Å². The summed E-state index contributed by atoms with van der Waals surface area (Å²) in [6.07, 6.45) is 2.47. The first-order valence-corrected chi connectivity index (χ1v) is 6.78. The van der Waals surface area contributed by atoms with Gasteiger partial charge in [-0.1, -0.05) is 0 Å². The van der Waals surface area contributed by atoms with E-state index in [1.165, 1.54) is 7.11 Å². The minimum Gasteiger partial charge on any atom is -0.480 e. The number of rotatable bonds is 8. The zero-order chi connectivity index (χ0) is 13.5. The first-order chi connectivity index (χ1) is 7.82. The van der Waals surface area contributed by atoms with Crippen LogP contribution in [0.2, 0.25) is 0 Å². The van der Waals surface area contributed by atoms with E-state index in [1.54, 1.807) is 25.6 Å². The molecule has 6 heteroatoms. The number of hydrogen-bond donors (Lipinski definition) is 2. The van der Waals surface area contributed by atoms with Crippen LogP contribution in [0.3, 0.4) is 0 Å². The van der Waals surface area contributed by atoms with Gasteiger partial charge in [-0.05, 0) is 32.3 Å². The van der Waals surface area contributed by atoms with Crippen molar-refractivity contribution in [2.45, 2.75) is 38.3 Å². The maximum atomic E-state index is 11.6. The van der Waals surface area contributed by atoms with Gasteiger partial charge in [-0.3, -0.25) is 4.79 Å². The fourth-order valence-corrected chi connectivity index (χ4v) is 1.67. The highest BCUT2D eigenvalue weighted by atomic mass is 32.2. The number of ether oxygens (including phenoxy) is 1. The SMILES string of the molecule is COC(C)(C)CC(=O)N[C@@H](CCSC)C(=O)O. The number of thioether (sulfide) groups is 1. The monoisotopic (exact) mass is 263 g/mol. The molecule has 100 valence electrons. The van der Waals surface area contributed by atoms with Crippen LogP contribution < -0.4 is 5.32 Å². The second-order valence-electron chi connectivity index (χ2n) is 4.38. The van der Waals surface area contributed by atoms with Crippen LogP contribution in [0.1, 0.15) is 26.7 Å². The molecule has 0 spiro atoms. The Labute approximate surface area is 106 Å². The first-order valence-electron chi connectivity index (χ1n) is 5.38. The van der Waals surface area contributed by atoms with E-state index >= 15 is 0 Å². The van der Waals surface area contributed by atoms with Gasteiger partial charge in [0.2, 0.25) is 5.91 Å². The molecule has 0 unspecified atom stereocenters. The molecule has 0 aromatic heterocycles. The summed E-state index contributed by atoms with van der Waals surface area (Å²) >= 11 is 1.55. The van der Waals surface area contributed by atoms with E-state index in [2.05, 4.69) is 5.32 Å². The molecule has 1 amide bonds. The van der Waals surface area contributed by atoms with Crippen molar-refractivity contribution >= 4 is 23.6 Å². The summed E-state index contributed by atoms with van der Waals surface area (Å²) < 4.78 is 5.12. The van der Waals surface area contributed by atoms with Crippen LogP contribution in [0.4, 0.5) is 0 Å². The van der Waals surface area contributed by atoms with E-state index in [9.17, 15) is 9.59 Å². The van der Waals surface area contributed by atoms with Crippen LogP contribution in [-0.2, 0) is 14.3 Å². The minimum absolute atomic E-state index is 0.145. The fraction of sp³-hybridized carbons (Fsp3) is 0.818. The Balaban J connectivity index is 4.26. The van der Waals surface area contributed by atoms with Gasteiger partial charge in [0.25, 0.3) is 0 Å². The molecule has 0 saturated heterocycles. The van der Waals surface area contributed by atoms with E-state index in [4.69, 9.17) is 9.84 Å². The van der Waals surface area contributed by atoms with Crippen molar-refractivity contribution in [1.29, 1.82) is 0 Å². The molecule has 1 atom stereocenters. The number of hydrogen-bond acceptors (Lipinski definition) is 4. The lowest BCUT2D eigenvalue weighted by molar-refractivity contribution is -0.142. The van der Waals surface area contributed by atoms with Gasteiger partial charge < -0.3 is 15.2 Å². The molecular weight excluding hydrogens is 242 g/mol. The smallest absolute Gasteiger partial charge is 0.326 e. The Morgan fingerprint density at radius 3 is 2.47 bits per heavy atom. The third kappa shape index (κ3) is 7.23. The second kappa shape index (κ2) is 7.55. The van der Waals surface area contributed by atoms with E-state index in [1.807, 2.05) is 6.26 Å². The van der Waals surface area contributed by atoms with Gasteiger partial charge >= 0.3 is 5.97 Å². The summed E-state index contributed by atoms with van der Waals surface area (Å²) in [5, 5.41) is 11.5. The Bertz CT molecular complexity index is 268. The second-order valence-corrected chi connectivity index (χ2v) is 5.37. The van der Waals surface area contributed by atoms with Crippen molar-refractivity contribution in [3.63, 3.8) is 0 Å². The van der Waals surface area contributed by atoms with Crippen molar-refractivity contribution in [2.75, 3.05) is 19.1 Å². The highest BCUT2D eigenvalue weighted by Gasteiger charge is 2.25. The van der Waals surface area contributed by atoms with Gasteiger partial charge in [0.05, 0.1) is 12.0 Å². The molecule has 0 aromatic carbocycles. The average Bonchev–Trinajstić information content (AvgIpc) is 2.23. The molecule has 0 bridgehead atoms. The third-order valence-electron chi connectivity index (χ3n) is 2.38. The topological polar surface area (TPSA) is 75.6 Å². The van der Waals surface area contributed by atoms with Gasteiger partial charge in [-0.25, -0.2) is 4.79 Å². The number of carbonyl (C=O) groups excluding carboxylic acids is 1. The zero-order valence-electron chi connectivity index (χ0n) is 10.8. The quantitative estimate of drug-likeness (QED) is 0.686. The molecule has 5 nitrogen and oxygen atoms in total. The van der Waals surface area contributed by atoms with Crippen LogP contribution in [-0.4, -0.2) is 47.7 Å². The normalized spacial score (nSPS) is 13.2. The Hall–Kier alpha value is -0.750. The number of aliphatic carboxylic acids is 1. The van der Waals surface area contributed by atoms with Crippen molar-refractivity contribution in [1.82, 2.24) is 5.32 Å². The minimum atomic E-state index is -0.998. The molecule has 0 saturated carbocycles. The predicted molar refractivity (Wildman–Crippen MR) is 68.3 cm³/mol. The van der Waals surface area contributed by atoms with Gasteiger partial charge in [-0.15, -0.1) is 0 Å². The molecule has 0 aliphatic carbocycles. The number of nitrogens with one attached hydrogen (secondary N) is 1. The predicted octanol–water partition coefficient (Wildman–Crippen LogP) is 1.12. The highest BCUT2D eigenvalue weighted by Crippen LogP contribution is 2.13. The highest BCUT2D eigenvalue weighted by molar-refractivity contribution is 7.98. The van der Waals surface area contributed by atoms with E-state index in [0.29, 0.717) is 12.2 Å². The number of methoxy groups -OCH3 is 1. The molecule has 0 rings (SSSR count). The molecule has 0 aliphatic heterocycles. The molecule has 0 aromatic rings. The lowest BCUT2D eigenvalue weighted by Crippen LogP contribution is -2.43. The Kier molecular flexibility index (Phi) is 7.22. The lowest BCUT2D eigenvalue weighted by Gasteiger charge is -2.23. The van der Waals surface area contributed by atoms with Crippen molar-refractivity contribution < 1.29 is 19.4 Å². The molecule has 0 aliphatic rings. The number of amides is 1.